The summed E-state index contributed by atoms with van der Waals surface area (Å²) in [7, 11) is -3.03. The molecule has 0 aromatic rings. The lowest BCUT2D eigenvalue weighted by molar-refractivity contribution is -0.0629. The van der Waals surface area contributed by atoms with Crippen molar-refractivity contribution >= 4 is 9.84 Å². The Morgan fingerprint density at radius 2 is 2.00 bits per heavy atom. The van der Waals surface area contributed by atoms with E-state index in [1.165, 1.54) is 6.26 Å². The van der Waals surface area contributed by atoms with E-state index in [4.69, 9.17) is 4.74 Å². The maximum absolute atomic E-state index is 11.6. The number of rotatable bonds is 4. The predicted molar refractivity (Wildman–Crippen MR) is 70.0 cm³/mol. The van der Waals surface area contributed by atoms with E-state index in [9.17, 15) is 8.42 Å². The molecule has 0 saturated carbocycles. The summed E-state index contributed by atoms with van der Waals surface area (Å²) in [5.41, 5.74) is -0.106. The average molecular weight is 263 g/mol. The molecule has 1 heterocycles. The molecule has 0 aliphatic carbocycles. The highest BCUT2D eigenvalue weighted by atomic mass is 32.2. The second-order valence-electron chi connectivity index (χ2n) is 6.21. The van der Waals surface area contributed by atoms with Gasteiger partial charge in [-0.2, -0.15) is 0 Å². The molecule has 1 atom stereocenters. The molecule has 1 aliphatic heterocycles. The van der Waals surface area contributed by atoms with E-state index in [0.717, 1.165) is 19.4 Å². The van der Waals surface area contributed by atoms with Crippen molar-refractivity contribution in [2.24, 2.45) is 0 Å². The Morgan fingerprint density at radius 1 is 1.41 bits per heavy atom. The second-order valence-corrected chi connectivity index (χ2v) is 8.86. The van der Waals surface area contributed by atoms with Crippen LogP contribution < -0.4 is 5.32 Å². The van der Waals surface area contributed by atoms with Crippen LogP contribution in [0.2, 0.25) is 0 Å². The summed E-state index contributed by atoms with van der Waals surface area (Å²) in [6.45, 7) is 8.90. The maximum atomic E-state index is 11.6. The van der Waals surface area contributed by atoms with Gasteiger partial charge < -0.3 is 10.1 Å². The zero-order valence-electron chi connectivity index (χ0n) is 11.5. The average Bonchev–Trinajstić information content (AvgIpc) is 2.11. The van der Waals surface area contributed by atoms with Crippen molar-refractivity contribution in [2.75, 3.05) is 19.4 Å². The van der Waals surface area contributed by atoms with Gasteiger partial charge in [0.2, 0.25) is 0 Å². The summed E-state index contributed by atoms with van der Waals surface area (Å²) in [6.07, 6.45) is 3.17. The van der Waals surface area contributed by atoms with Gasteiger partial charge in [-0.15, -0.1) is 0 Å². The number of hydrogen-bond acceptors (Lipinski definition) is 4. The van der Waals surface area contributed by atoms with E-state index in [0.29, 0.717) is 12.6 Å². The van der Waals surface area contributed by atoms with Crippen molar-refractivity contribution < 1.29 is 13.2 Å². The second kappa shape index (κ2) is 4.86. The van der Waals surface area contributed by atoms with E-state index in [1.54, 1.807) is 13.8 Å². The standard InChI is InChI=1S/C12H25NO3S/c1-11(2)8-10(6-7-16-11)13-9-12(3,4)17(5,14)15/h10,13H,6-9H2,1-5H3. The lowest BCUT2D eigenvalue weighted by Gasteiger charge is -2.37. The lowest BCUT2D eigenvalue weighted by Crippen LogP contribution is -2.49. The zero-order chi connectivity index (χ0) is 13.3. The number of ether oxygens (including phenoxy) is 1. The van der Waals surface area contributed by atoms with Crippen molar-refractivity contribution in [2.45, 2.75) is 56.9 Å². The Bertz CT molecular complexity index is 360. The molecule has 102 valence electrons. The van der Waals surface area contributed by atoms with Crippen molar-refractivity contribution in [3.05, 3.63) is 0 Å². The lowest BCUT2D eigenvalue weighted by atomic mass is 9.93. The van der Waals surface area contributed by atoms with Gasteiger partial charge in [0.25, 0.3) is 0 Å². The van der Waals surface area contributed by atoms with Gasteiger partial charge in [0, 0.05) is 25.4 Å². The van der Waals surface area contributed by atoms with Crippen LogP contribution in [0.4, 0.5) is 0 Å². The first-order chi connectivity index (χ1) is 7.54. The van der Waals surface area contributed by atoms with Crippen molar-refractivity contribution in [3.8, 4) is 0 Å². The fourth-order valence-electron chi connectivity index (χ4n) is 1.93. The third-order valence-corrected chi connectivity index (χ3v) is 5.67. The number of hydrogen-bond donors (Lipinski definition) is 1. The fraction of sp³-hybridized carbons (Fsp3) is 1.00. The van der Waals surface area contributed by atoms with Gasteiger partial charge in [0.15, 0.2) is 9.84 Å². The first-order valence-corrected chi connectivity index (χ1v) is 8.00. The van der Waals surface area contributed by atoms with Crippen LogP contribution in [0, 0.1) is 0 Å². The van der Waals surface area contributed by atoms with Crippen LogP contribution in [0.25, 0.3) is 0 Å². The molecule has 1 saturated heterocycles. The maximum Gasteiger partial charge on any atom is 0.153 e. The molecule has 4 nitrogen and oxygen atoms in total. The van der Waals surface area contributed by atoms with Gasteiger partial charge in [-0.25, -0.2) is 8.42 Å². The molecule has 1 rings (SSSR count). The topological polar surface area (TPSA) is 55.4 Å². The molecule has 1 unspecified atom stereocenters. The summed E-state index contributed by atoms with van der Waals surface area (Å²) in [5, 5.41) is 3.36. The van der Waals surface area contributed by atoms with Gasteiger partial charge in [0.1, 0.15) is 0 Å². The summed E-state index contributed by atoms with van der Waals surface area (Å²) in [6, 6.07) is 0.347. The molecule has 5 heteroatoms. The third kappa shape index (κ3) is 4.23. The predicted octanol–water partition coefficient (Wildman–Crippen LogP) is 1.36. The molecule has 0 bridgehead atoms. The Morgan fingerprint density at radius 3 is 2.47 bits per heavy atom. The molecular weight excluding hydrogens is 238 g/mol. The van der Waals surface area contributed by atoms with E-state index in [2.05, 4.69) is 19.2 Å². The van der Waals surface area contributed by atoms with Crippen LogP contribution in [0.3, 0.4) is 0 Å². The molecular formula is C12H25NO3S. The van der Waals surface area contributed by atoms with E-state index in [1.807, 2.05) is 0 Å². The zero-order valence-corrected chi connectivity index (χ0v) is 12.4. The first-order valence-electron chi connectivity index (χ1n) is 6.10. The Kier molecular flexibility index (Phi) is 4.27. The van der Waals surface area contributed by atoms with Crippen LogP contribution in [0.1, 0.15) is 40.5 Å². The number of nitrogens with one attached hydrogen (secondary N) is 1. The smallest absolute Gasteiger partial charge is 0.153 e. The van der Waals surface area contributed by atoms with Gasteiger partial charge in [-0.1, -0.05) is 0 Å². The summed E-state index contributed by atoms with van der Waals surface area (Å²) < 4.78 is 28.1. The van der Waals surface area contributed by atoms with E-state index >= 15 is 0 Å². The van der Waals surface area contributed by atoms with Crippen molar-refractivity contribution in [3.63, 3.8) is 0 Å². The summed E-state index contributed by atoms with van der Waals surface area (Å²) >= 11 is 0. The third-order valence-electron chi connectivity index (χ3n) is 3.52. The van der Waals surface area contributed by atoms with E-state index < -0.39 is 14.6 Å². The highest BCUT2D eigenvalue weighted by Gasteiger charge is 2.33. The number of sulfone groups is 1. The molecule has 0 radical (unpaired) electrons. The first kappa shape index (κ1) is 14.9. The molecule has 0 aromatic carbocycles. The normalized spacial score (nSPS) is 25.8. The molecule has 1 N–H and O–H groups in total. The van der Waals surface area contributed by atoms with Crippen LogP contribution in [0.5, 0.6) is 0 Å². The largest absolute Gasteiger partial charge is 0.375 e. The minimum atomic E-state index is -3.03. The van der Waals surface area contributed by atoms with Crippen molar-refractivity contribution in [1.82, 2.24) is 5.32 Å². The van der Waals surface area contributed by atoms with Crippen LogP contribution in [0.15, 0.2) is 0 Å². The SMILES string of the molecule is CC1(C)CC(NCC(C)(C)S(C)(=O)=O)CCO1. The highest BCUT2D eigenvalue weighted by molar-refractivity contribution is 7.92. The minimum Gasteiger partial charge on any atom is -0.375 e. The minimum absolute atomic E-state index is 0.106. The van der Waals surface area contributed by atoms with Crippen LogP contribution in [-0.2, 0) is 14.6 Å². The molecule has 0 spiro atoms. The monoisotopic (exact) mass is 263 g/mol. The molecule has 17 heavy (non-hydrogen) atoms. The van der Waals surface area contributed by atoms with Gasteiger partial charge in [-0.05, 0) is 40.5 Å². The van der Waals surface area contributed by atoms with Gasteiger partial charge >= 0.3 is 0 Å². The van der Waals surface area contributed by atoms with Crippen LogP contribution in [-0.4, -0.2) is 44.2 Å². The molecule has 0 aromatic heterocycles. The Labute approximate surface area is 105 Å². The summed E-state index contributed by atoms with van der Waals surface area (Å²) in [4.78, 5) is 0. The Hall–Kier alpha value is -0.130. The molecule has 1 fully saturated rings. The van der Waals surface area contributed by atoms with Gasteiger partial charge in [-0.3, -0.25) is 0 Å². The van der Waals surface area contributed by atoms with Crippen LogP contribution >= 0.6 is 0 Å². The Balaban J connectivity index is 2.52. The fourth-order valence-corrected chi connectivity index (χ4v) is 2.27. The van der Waals surface area contributed by atoms with E-state index in [-0.39, 0.29) is 5.60 Å². The highest BCUT2D eigenvalue weighted by Crippen LogP contribution is 2.24. The quantitative estimate of drug-likeness (QED) is 0.832. The summed E-state index contributed by atoms with van der Waals surface area (Å²) in [5.74, 6) is 0. The van der Waals surface area contributed by atoms with Crippen molar-refractivity contribution in [1.29, 1.82) is 0 Å². The molecule has 0 amide bonds. The van der Waals surface area contributed by atoms with Gasteiger partial charge in [0.05, 0.1) is 10.3 Å². The molecule has 1 aliphatic rings.